The zero-order valence-electron chi connectivity index (χ0n) is 9.03. The number of aromatic nitrogens is 2. The van der Waals surface area contributed by atoms with Gasteiger partial charge in [-0.15, -0.1) is 12.4 Å². The molecule has 16 heavy (non-hydrogen) atoms. The minimum Gasteiger partial charge on any atom is -0.351 e. The third-order valence-electron chi connectivity index (χ3n) is 2.51. The topological polar surface area (TPSA) is 83.8 Å². The molecule has 0 aliphatic heterocycles. The summed E-state index contributed by atoms with van der Waals surface area (Å²) < 4.78 is 0. The van der Waals surface area contributed by atoms with Crippen molar-refractivity contribution in [3.05, 3.63) is 17.5 Å². The summed E-state index contributed by atoms with van der Waals surface area (Å²) >= 11 is 0. The summed E-state index contributed by atoms with van der Waals surface area (Å²) in [6.07, 6.45) is 3.21. The molecule has 1 saturated carbocycles. The summed E-state index contributed by atoms with van der Waals surface area (Å²) in [5.74, 6) is 0.481. The third-order valence-corrected chi connectivity index (χ3v) is 2.51. The second-order valence-corrected chi connectivity index (χ2v) is 3.88. The van der Waals surface area contributed by atoms with E-state index < -0.39 is 0 Å². The SMILES string of the molecule is Cl.NCCCNC(=O)c1cc(C2CC2)[nH]n1. The van der Waals surface area contributed by atoms with E-state index in [1.807, 2.05) is 6.07 Å². The van der Waals surface area contributed by atoms with Gasteiger partial charge in [-0.05, 0) is 31.9 Å². The molecule has 4 N–H and O–H groups in total. The molecule has 5 nitrogen and oxygen atoms in total. The van der Waals surface area contributed by atoms with Crippen molar-refractivity contribution in [2.24, 2.45) is 5.73 Å². The van der Waals surface area contributed by atoms with Crippen LogP contribution in [0.3, 0.4) is 0 Å². The van der Waals surface area contributed by atoms with Crippen molar-refractivity contribution in [1.82, 2.24) is 15.5 Å². The van der Waals surface area contributed by atoms with Crippen LogP contribution < -0.4 is 11.1 Å². The predicted molar refractivity (Wildman–Crippen MR) is 63.8 cm³/mol. The smallest absolute Gasteiger partial charge is 0.271 e. The van der Waals surface area contributed by atoms with E-state index in [4.69, 9.17) is 5.73 Å². The Morgan fingerprint density at radius 1 is 1.62 bits per heavy atom. The van der Waals surface area contributed by atoms with Gasteiger partial charge < -0.3 is 11.1 Å². The van der Waals surface area contributed by atoms with E-state index in [2.05, 4.69) is 15.5 Å². The van der Waals surface area contributed by atoms with Crippen molar-refractivity contribution in [1.29, 1.82) is 0 Å². The van der Waals surface area contributed by atoms with Gasteiger partial charge in [0.05, 0.1) is 0 Å². The molecule has 1 aromatic heterocycles. The van der Waals surface area contributed by atoms with Gasteiger partial charge in [-0.2, -0.15) is 5.10 Å². The number of carbonyl (C=O) groups excluding carboxylic acids is 1. The summed E-state index contributed by atoms with van der Waals surface area (Å²) in [7, 11) is 0. The van der Waals surface area contributed by atoms with Crippen molar-refractivity contribution in [3.8, 4) is 0 Å². The second-order valence-electron chi connectivity index (χ2n) is 3.88. The van der Waals surface area contributed by atoms with E-state index in [1.54, 1.807) is 0 Å². The molecule has 0 atom stereocenters. The normalized spacial score (nSPS) is 14.3. The largest absolute Gasteiger partial charge is 0.351 e. The third kappa shape index (κ3) is 3.21. The van der Waals surface area contributed by atoms with Gasteiger partial charge in [0.2, 0.25) is 0 Å². The lowest BCUT2D eigenvalue weighted by molar-refractivity contribution is 0.0948. The molecule has 1 amide bonds. The lowest BCUT2D eigenvalue weighted by Crippen LogP contribution is -2.26. The highest BCUT2D eigenvalue weighted by atomic mass is 35.5. The molecular weight excluding hydrogens is 228 g/mol. The first-order valence-electron chi connectivity index (χ1n) is 5.35. The highest BCUT2D eigenvalue weighted by Gasteiger charge is 2.26. The lowest BCUT2D eigenvalue weighted by atomic mass is 10.2. The van der Waals surface area contributed by atoms with Gasteiger partial charge in [0.1, 0.15) is 5.69 Å². The molecule has 0 radical (unpaired) electrons. The minimum absolute atomic E-state index is 0. The van der Waals surface area contributed by atoms with Crippen molar-refractivity contribution in [2.45, 2.75) is 25.2 Å². The van der Waals surface area contributed by atoms with Crippen LogP contribution >= 0.6 is 12.4 Å². The van der Waals surface area contributed by atoms with Gasteiger partial charge >= 0.3 is 0 Å². The van der Waals surface area contributed by atoms with Crippen LogP contribution in [-0.4, -0.2) is 29.2 Å². The highest BCUT2D eigenvalue weighted by molar-refractivity contribution is 5.92. The number of hydrogen-bond acceptors (Lipinski definition) is 3. The first kappa shape index (κ1) is 13.0. The minimum atomic E-state index is -0.119. The van der Waals surface area contributed by atoms with Gasteiger partial charge in [-0.1, -0.05) is 0 Å². The summed E-state index contributed by atoms with van der Waals surface area (Å²) in [6.45, 7) is 1.20. The molecule has 1 heterocycles. The van der Waals surface area contributed by atoms with Gasteiger partial charge in [-0.3, -0.25) is 9.89 Å². The summed E-state index contributed by atoms with van der Waals surface area (Å²) in [5.41, 5.74) is 6.90. The number of carbonyl (C=O) groups is 1. The summed E-state index contributed by atoms with van der Waals surface area (Å²) in [6, 6.07) is 1.84. The zero-order valence-corrected chi connectivity index (χ0v) is 9.85. The van der Waals surface area contributed by atoms with Crippen LogP contribution in [0, 0.1) is 0 Å². The molecule has 90 valence electrons. The number of halogens is 1. The fourth-order valence-corrected chi connectivity index (χ4v) is 1.45. The van der Waals surface area contributed by atoms with E-state index in [1.165, 1.54) is 12.8 Å². The summed E-state index contributed by atoms with van der Waals surface area (Å²) in [4.78, 5) is 11.5. The Bertz CT molecular complexity index is 348. The van der Waals surface area contributed by atoms with Gasteiger partial charge in [0.25, 0.3) is 5.91 Å². The first-order valence-corrected chi connectivity index (χ1v) is 5.35. The summed E-state index contributed by atoms with van der Waals surface area (Å²) in [5, 5.41) is 9.66. The van der Waals surface area contributed by atoms with E-state index in [0.717, 1.165) is 12.1 Å². The van der Waals surface area contributed by atoms with Crippen molar-refractivity contribution in [2.75, 3.05) is 13.1 Å². The number of nitrogens with zero attached hydrogens (tertiary/aromatic N) is 1. The van der Waals surface area contributed by atoms with Crippen molar-refractivity contribution < 1.29 is 4.79 Å². The maximum Gasteiger partial charge on any atom is 0.271 e. The van der Waals surface area contributed by atoms with E-state index in [9.17, 15) is 4.79 Å². The second kappa shape index (κ2) is 5.86. The standard InChI is InChI=1S/C10H16N4O.ClH/c11-4-1-5-12-10(15)9-6-8(13-14-9)7-2-3-7;/h6-7H,1-5,11H2,(H,12,15)(H,13,14);1H. The Kier molecular flexibility index (Phi) is 4.76. The molecule has 1 aliphatic carbocycles. The molecule has 6 heteroatoms. The van der Waals surface area contributed by atoms with Crippen LogP contribution in [0.15, 0.2) is 6.07 Å². The number of nitrogens with two attached hydrogens (primary N) is 1. The number of hydrogen-bond donors (Lipinski definition) is 3. The number of nitrogens with one attached hydrogen (secondary N) is 2. The van der Waals surface area contributed by atoms with Gasteiger partial charge in [-0.25, -0.2) is 0 Å². The Hall–Kier alpha value is -1.07. The van der Waals surface area contributed by atoms with Crippen LogP contribution in [0.1, 0.15) is 41.4 Å². The molecular formula is C10H17ClN4O. The van der Waals surface area contributed by atoms with Crippen molar-refractivity contribution in [3.63, 3.8) is 0 Å². The van der Waals surface area contributed by atoms with Crippen LogP contribution in [0.25, 0.3) is 0 Å². The molecule has 0 aromatic carbocycles. The van der Waals surface area contributed by atoms with Crippen molar-refractivity contribution >= 4 is 18.3 Å². The molecule has 1 fully saturated rings. The Morgan fingerprint density at radius 2 is 2.38 bits per heavy atom. The van der Waals surface area contributed by atoms with Crippen LogP contribution in [0.2, 0.25) is 0 Å². The maximum absolute atomic E-state index is 11.5. The zero-order chi connectivity index (χ0) is 10.7. The molecule has 2 rings (SSSR count). The lowest BCUT2D eigenvalue weighted by Gasteiger charge is -1.99. The number of H-pyrrole nitrogens is 1. The Morgan fingerprint density at radius 3 is 3.00 bits per heavy atom. The molecule has 0 saturated heterocycles. The van der Waals surface area contributed by atoms with E-state index >= 15 is 0 Å². The fourth-order valence-electron chi connectivity index (χ4n) is 1.45. The number of rotatable bonds is 5. The molecule has 0 bridgehead atoms. The monoisotopic (exact) mass is 244 g/mol. The van der Waals surface area contributed by atoms with Crippen LogP contribution in [0.4, 0.5) is 0 Å². The van der Waals surface area contributed by atoms with Crippen LogP contribution in [0.5, 0.6) is 0 Å². The maximum atomic E-state index is 11.5. The molecule has 0 unspecified atom stereocenters. The van der Waals surface area contributed by atoms with Crippen LogP contribution in [-0.2, 0) is 0 Å². The highest BCUT2D eigenvalue weighted by Crippen LogP contribution is 2.38. The predicted octanol–water partition coefficient (Wildman–Crippen LogP) is 0.787. The quantitative estimate of drug-likeness (QED) is 0.670. The van der Waals surface area contributed by atoms with Gasteiger partial charge in [0, 0.05) is 18.2 Å². The van der Waals surface area contributed by atoms with E-state index in [-0.39, 0.29) is 18.3 Å². The van der Waals surface area contributed by atoms with E-state index in [0.29, 0.717) is 24.7 Å². The average molecular weight is 245 g/mol. The Labute approximate surface area is 101 Å². The fraction of sp³-hybridized carbons (Fsp3) is 0.600. The molecule has 1 aromatic rings. The average Bonchev–Trinajstić information content (AvgIpc) is 2.97. The number of aromatic amines is 1. The number of amides is 1. The van der Waals surface area contributed by atoms with Gasteiger partial charge in [0.15, 0.2) is 0 Å². The molecule has 1 aliphatic rings. The Balaban J connectivity index is 0.00000128. The molecule has 0 spiro atoms. The first-order chi connectivity index (χ1) is 7.31.